The fourth-order valence-corrected chi connectivity index (χ4v) is 6.48. The SMILES string of the molecule is CCc1cc(CNc2ncc3n(c2=O)C(C(=O)NCc2cc4c(s2)CNC4)CC3)cc(-c2ccccc2)c1. The van der Waals surface area contributed by atoms with E-state index in [-0.39, 0.29) is 17.3 Å². The lowest BCUT2D eigenvalue weighted by molar-refractivity contribution is -0.124. The number of fused-ring (bicyclic) bond motifs is 2. The predicted molar refractivity (Wildman–Crippen MR) is 151 cm³/mol. The van der Waals surface area contributed by atoms with Crippen LogP contribution in [0.5, 0.6) is 0 Å². The first-order valence-electron chi connectivity index (χ1n) is 13.2. The van der Waals surface area contributed by atoms with Gasteiger partial charge in [-0.3, -0.25) is 14.2 Å². The number of aromatic nitrogens is 2. The number of aryl methyl sites for hydroxylation is 2. The Morgan fingerprint density at radius 3 is 2.74 bits per heavy atom. The minimum absolute atomic E-state index is 0.113. The molecule has 1 amide bonds. The topological polar surface area (TPSA) is 88.0 Å². The summed E-state index contributed by atoms with van der Waals surface area (Å²) >= 11 is 1.74. The average molecular weight is 526 g/mol. The number of carbonyl (C=O) groups excluding carboxylic acids is 1. The van der Waals surface area contributed by atoms with Crippen molar-refractivity contribution in [1.29, 1.82) is 0 Å². The van der Waals surface area contributed by atoms with E-state index in [2.05, 4.69) is 64.3 Å². The van der Waals surface area contributed by atoms with Gasteiger partial charge in [0.1, 0.15) is 6.04 Å². The monoisotopic (exact) mass is 525 g/mol. The van der Waals surface area contributed by atoms with Gasteiger partial charge in [0.25, 0.3) is 5.56 Å². The van der Waals surface area contributed by atoms with Gasteiger partial charge in [-0.1, -0.05) is 49.4 Å². The third kappa shape index (κ3) is 4.89. The molecule has 0 aliphatic carbocycles. The highest BCUT2D eigenvalue weighted by atomic mass is 32.1. The molecule has 8 heteroatoms. The zero-order valence-electron chi connectivity index (χ0n) is 21.4. The maximum absolute atomic E-state index is 13.4. The molecule has 0 fully saturated rings. The molecule has 1 unspecified atom stereocenters. The first-order chi connectivity index (χ1) is 18.6. The van der Waals surface area contributed by atoms with Crippen molar-refractivity contribution in [3.63, 3.8) is 0 Å². The molecule has 194 valence electrons. The zero-order chi connectivity index (χ0) is 26.1. The lowest BCUT2D eigenvalue weighted by Gasteiger charge is -2.16. The van der Waals surface area contributed by atoms with Crippen molar-refractivity contribution in [1.82, 2.24) is 20.2 Å². The Morgan fingerprint density at radius 1 is 1.08 bits per heavy atom. The largest absolute Gasteiger partial charge is 0.361 e. The van der Waals surface area contributed by atoms with Crippen molar-refractivity contribution in [3.8, 4) is 11.1 Å². The first-order valence-corrected chi connectivity index (χ1v) is 14.0. The van der Waals surface area contributed by atoms with Crippen molar-refractivity contribution in [2.24, 2.45) is 0 Å². The molecule has 2 aliphatic heterocycles. The number of anilines is 1. The maximum Gasteiger partial charge on any atom is 0.294 e. The predicted octanol–water partition coefficient (Wildman–Crippen LogP) is 4.55. The summed E-state index contributed by atoms with van der Waals surface area (Å²) in [5.41, 5.74) is 6.54. The minimum Gasteiger partial charge on any atom is -0.361 e. The van der Waals surface area contributed by atoms with Crippen LogP contribution in [0.15, 0.2) is 65.6 Å². The first kappa shape index (κ1) is 24.6. The van der Waals surface area contributed by atoms with Gasteiger partial charge in [0.05, 0.1) is 6.54 Å². The second-order valence-electron chi connectivity index (χ2n) is 9.92. The molecule has 0 bridgehead atoms. The van der Waals surface area contributed by atoms with Crippen LogP contribution < -0.4 is 21.5 Å². The molecule has 4 aromatic rings. The third-order valence-electron chi connectivity index (χ3n) is 7.38. The van der Waals surface area contributed by atoms with Crippen LogP contribution in [0.4, 0.5) is 5.82 Å². The molecule has 0 saturated carbocycles. The van der Waals surface area contributed by atoms with Gasteiger partial charge < -0.3 is 16.0 Å². The molecule has 1 atom stereocenters. The van der Waals surface area contributed by atoms with Gasteiger partial charge in [0.2, 0.25) is 5.91 Å². The molecule has 4 heterocycles. The smallest absolute Gasteiger partial charge is 0.294 e. The molecule has 0 saturated heterocycles. The van der Waals surface area contributed by atoms with E-state index in [0.29, 0.717) is 25.9 Å². The van der Waals surface area contributed by atoms with Gasteiger partial charge in [-0.05, 0) is 59.2 Å². The highest BCUT2D eigenvalue weighted by Gasteiger charge is 2.30. The normalized spacial score (nSPS) is 15.8. The van der Waals surface area contributed by atoms with Crippen molar-refractivity contribution in [3.05, 3.63) is 103 Å². The maximum atomic E-state index is 13.4. The Morgan fingerprint density at radius 2 is 1.92 bits per heavy atom. The van der Waals surface area contributed by atoms with Gasteiger partial charge >= 0.3 is 0 Å². The van der Waals surface area contributed by atoms with E-state index >= 15 is 0 Å². The number of hydrogen-bond acceptors (Lipinski definition) is 6. The van der Waals surface area contributed by atoms with Crippen LogP contribution in [-0.2, 0) is 43.8 Å². The van der Waals surface area contributed by atoms with Crippen LogP contribution in [0.25, 0.3) is 11.1 Å². The van der Waals surface area contributed by atoms with Gasteiger partial charge in [0, 0.05) is 41.3 Å². The van der Waals surface area contributed by atoms with E-state index in [0.717, 1.165) is 46.8 Å². The van der Waals surface area contributed by atoms with Gasteiger partial charge in [-0.15, -0.1) is 11.3 Å². The standard InChI is InChI=1S/C30H31N5O2S/c1-2-19-10-20(12-22(11-19)21-6-4-3-5-7-21)14-32-28-30(37)35-24(16-33-28)8-9-26(35)29(36)34-17-25-13-23-15-31-18-27(23)38-25/h3-7,10-13,16,26,31H,2,8-9,14-15,17-18H2,1H3,(H,32,33)(H,34,36). The van der Waals surface area contributed by atoms with Gasteiger partial charge in [-0.2, -0.15) is 0 Å². The summed E-state index contributed by atoms with van der Waals surface area (Å²) in [7, 11) is 0. The second kappa shape index (κ2) is 10.6. The number of amides is 1. The van der Waals surface area contributed by atoms with E-state index in [4.69, 9.17) is 0 Å². The molecular weight excluding hydrogens is 494 g/mol. The molecule has 38 heavy (non-hydrogen) atoms. The Hall–Kier alpha value is -3.75. The van der Waals surface area contributed by atoms with E-state index in [1.54, 1.807) is 22.1 Å². The number of benzene rings is 2. The van der Waals surface area contributed by atoms with Crippen LogP contribution in [-0.4, -0.2) is 15.5 Å². The van der Waals surface area contributed by atoms with E-state index in [1.165, 1.54) is 16.0 Å². The molecular formula is C30H31N5O2S. The number of nitrogens with one attached hydrogen (secondary N) is 3. The molecule has 2 aliphatic rings. The quantitative estimate of drug-likeness (QED) is 0.314. The highest BCUT2D eigenvalue weighted by Crippen LogP contribution is 2.28. The summed E-state index contributed by atoms with van der Waals surface area (Å²) in [5.74, 6) is 0.164. The van der Waals surface area contributed by atoms with Crippen LogP contribution >= 0.6 is 11.3 Å². The minimum atomic E-state index is -0.511. The van der Waals surface area contributed by atoms with E-state index in [9.17, 15) is 9.59 Å². The third-order valence-corrected chi connectivity index (χ3v) is 8.55. The summed E-state index contributed by atoms with van der Waals surface area (Å²) in [6.45, 7) is 4.90. The molecule has 2 aromatic carbocycles. The number of nitrogens with zero attached hydrogens (tertiary/aromatic N) is 2. The number of carbonyl (C=O) groups is 1. The van der Waals surface area contributed by atoms with Crippen LogP contribution in [0, 0.1) is 0 Å². The molecule has 0 spiro atoms. The fourth-order valence-electron chi connectivity index (χ4n) is 5.38. The number of thiophene rings is 1. The summed E-state index contributed by atoms with van der Waals surface area (Å²) in [6.07, 6.45) is 3.93. The van der Waals surface area contributed by atoms with Crippen molar-refractivity contribution >= 4 is 23.1 Å². The average Bonchev–Trinajstić information content (AvgIpc) is 3.67. The molecule has 6 rings (SSSR count). The van der Waals surface area contributed by atoms with Crippen LogP contribution in [0.2, 0.25) is 0 Å². The lowest BCUT2D eigenvalue weighted by Crippen LogP contribution is -2.36. The second-order valence-corrected chi connectivity index (χ2v) is 11.1. The summed E-state index contributed by atoms with van der Waals surface area (Å²) in [6, 6.07) is 18.5. The molecule has 7 nitrogen and oxygen atoms in total. The zero-order valence-corrected chi connectivity index (χ0v) is 22.2. The van der Waals surface area contributed by atoms with Crippen molar-refractivity contribution < 1.29 is 4.79 Å². The van der Waals surface area contributed by atoms with Gasteiger partial charge in [-0.25, -0.2) is 4.98 Å². The van der Waals surface area contributed by atoms with Gasteiger partial charge in [0.15, 0.2) is 5.82 Å². The van der Waals surface area contributed by atoms with Crippen molar-refractivity contribution in [2.45, 2.75) is 58.4 Å². The Labute approximate surface area is 226 Å². The van der Waals surface area contributed by atoms with E-state index in [1.807, 2.05) is 18.2 Å². The molecule has 0 radical (unpaired) electrons. The molecule has 2 aromatic heterocycles. The Balaban J connectivity index is 1.17. The number of hydrogen-bond donors (Lipinski definition) is 3. The summed E-state index contributed by atoms with van der Waals surface area (Å²) < 4.78 is 1.63. The molecule has 3 N–H and O–H groups in total. The number of rotatable bonds is 8. The van der Waals surface area contributed by atoms with E-state index < -0.39 is 6.04 Å². The summed E-state index contributed by atoms with van der Waals surface area (Å²) in [5, 5.41) is 9.64. The lowest BCUT2D eigenvalue weighted by atomic mass is 9.98. The van der Waals surface area contributed by atoms with Crippen LogP contribution in [0.3, 0.4) is 0 Å². The summed E-state index contributed by atoms with van der Waals surface area (Å²) in [4.78, 5) is 33.5. The Kier molecular flexibility index (Phi) is 6.82. The van der Waals surface area contributed by atoms with Crippen molar-refractivity contribution in [2.75, 3.05) is 5.32 Å². The highest BCUT2D eigenvalue weighted by molar-refractivity contribution is 7.12. The Bertz CT molecular complexity index is 1520. The fraction of sp³-hybridized carbons (Fsp3) is 0.300. The van der Waals surface area contributed by atoms with Crippen LogP contribution in [0.1, 0.15) is 51.5 Å².